The van der Waals surface area contributed by atoms with Crippen LogP contribution in [0.1, 0.15) is 30.7 Å². The first-order chi connectivity index (χ1) is 12.4. The van der Waals surface area contributed by atoms with Gasteiger partial charge < -0.3 is 20.6 Å². The molecule has 1 saturated heterocycles. The molecule has 2 aliphatic heterocycles. The van der Waals surface area contributed by atoms with E-state index < -0.39 is 0 Å². The van der Waals surface area contributed by atoms with Gasteiger partial charge in [-0.2, -0.15) is 0 Å². The molecule has 2 atom stereocenters. The highest BCUT2D eigenvalue weighted by Crippen LogP contribution is 2.39. The SMILES string of the molecule is Cc1cc2c(s1)Nc1ccccc1N=C2N1CCN[C@@](C)(C[C@@H](C)O)C1. The summed E-state index contributed by atoms with van der Waals surface area (Å²) in [6.07, 6.45) is 0.395. The van der Waals surface area contributed by atoms with Crippen LogP contribution in [0.5, 0.6) is 0 Å². The van der Waals surface area contributed by atoms with Crippen LogP contribution < -0.4 is 10.6 Å². The summed E-state index contributed by atoms with van der Waals surface area (Å²) in [7, 11) is 0. The molecule has 3 N–H and O–H groups in total. The summed E-state index contributed by atoms with van der Waals surface area (Å²) >= 11 is 1.77. The van der Waals surface area contributed by atoms with E-state index in [0.717, 1.165) is 48.3 Å². The Labute approximate surface area is 158 Å². The predicted molar refractivity (Wildman–Crippen MR) is 109 cm³/mol. The number of fused-ring (bicyclic) bond motifs is 2. The maximum Gasteiger partial charge on any atom is 0.139 e. The Morgan fingerprint density at radius 1 is 1.38 bits per heavy atom. The van der Waals surface area contributed by atoms with Crippen molar-refractivity contribution in [1.29, 1.82) is 0 Å². The Morgan fingerprint density at radius 2 is 2.19 bits per heavy atom. The van der Waals surface area contributed by atoms with Crippen LogP contribution in [0.3, 0.4) is 0 Å². The van der Waals surface area contributed by atoms with Crippen molar-refractivity contribution in [3.63, 3.8) is 0 Å². The lowest BCUT2D eigenvalue weighted by atomic mass is 9.92. The second-order valence-corrected chi connectivity index (χ2v) is 8.90. The van der Waals surface area contributed by atoms with Crippen LogP contribution in [0, 0.1) is 6.92 Å². The summed E-state index contributed by atoms with van der Waals surface area (Å²) in [4.78, 5) is 8.70. The third-order valence-electron chi connectivity index (χ3n) is 4.99. The van der Waals surface area contributed by atoms with Gasteiger partial charge in [-0.05, 0) is 45.4 Å². The lowest BCUT2D eigenvalue weighted by molar-refractivity contribution is 0.109. The standard InChI is InChI=1S/C20H26N4OS/c1-13(25)11-20(3)12-24(9-8-21-20)18-15-10-14(2)26-19(15)23-17-7-5-4-6-16(17)22-18/h4-7,10,13,21,23,25H,8-9,11-12H2,1-3H3/t13-,20+/m1/s1. The number of anilines is 2. The maximum atomic E-state index is 9.91. The molecule has 3 heterocycles. The molecule has 26 heavy (non-hydrogen) atoms. The second kappa shape index (κ2) is 6.68. The number of piperazine rings is 1. The summed E-state index contributed by atoms with van der Waals surface area (Å²) in [5.41, 5.74) is 3.07. The number of nitrogens with one attached hydrogen (secondary N) is 2. The van der Waals surface area contributed by atoms with E-state index in [2.05, 4.69) is 47.6 Å². The van der Waals surface area contributed by atoms with Gasteiger partial charge in [-0.1, -0.05) is 12.1 Å². The van der Waals surface area contributed by atoms with Crippen molar-refractivity contribution in [2.45, 2.75) is 38.8 Å². The summed E-state index contributed by atoms with van der Waals surface area (Å²) in [5, 5.41) is 18.2. The molecule has 1 aromatic carbocycles. The Balaban J connectivity index is 1.75. The van der Waals surface area contributed by atoms with Gasteiger partial charge in [0.05, 0.1) is 23.0 Å². The Morgan fingerprint density at radius 3 is 3.00 bits per heavy atom. The molecule has 0 spiro atoms. The van der Waals surface area contributed by atoms with Crippen molar-refractivity contribution in [2.24, 2.45) is 4.99 Å². The summed E-state index contributed by atoms with van der Waals surface area (Å²) in [5.74, 6) is 1.03. The quantitative estimate of drug-likeness (QED) is 0.756. The van der Waals surface area contributed by atoms with Crippen molar-refractivity contribution in [1.82, 2.24) is 10.2 Å². The Hall–Kier alpha value is -1.89. The van der Waals surface area contributed by atoms with Crippen molar-refractivity contribution in [3.8, 4) is 0 Å². The number of aryl methyl sites for hydroxylation is 1. The van der Waals surface area contributed by atoms with Gasteiger partial charge in [0.15, 0.2) is 0 Å². The molecule has 1 fully saturated rings. The van der Waals surface area contributed by atoms with Gasteiger partial charge in [0.1, 0.15) is 10.8 Å². The number of rotatable bonds is 2. The van der Waals surface area contributed by atoms with Gasteiger partial charge in [-0.3, -0.25) is 0 Å². The van der Waals surface area contributed by atoms with Crippen molar-refractivity contribution >= 4 is 33.5 Å². The number of aliphatic imine (C=N–C) groups is 1. The predicted octanol–water partition coefficient (Wildman–Crippen LogP) is 3.63. The van der Waals surface area contributed by atoms with Crippen LogP contribution in [0.15, 0.2) is 35.3 Å². The highest BCUT2D eigenvalue weighted by Gasteiger charge is 2.34. The molecule has 0 unspecified atom stereocenters. The van der Waals surface area contributed by atoms with E-state index in [9.17, 15) is 5.11 Å². The molecular formula is C20H26N4OS. The van der Waals surface area contributed by atoms with E-state index in [1.165, 1.54) is 10.4 Å². The van der Waals surface area contributed by atoms with Crippen LogP contribution in [0.25, 0.3) is 0 Å². The Bertz CT molecular complexity index is 844. The minimum absolute atomic E-state index is 0.126. The van der Waals surface area contributed by atoms with Gasteiger partial charge in [-0.25, -0.2) is 4.99 Å². The number of hydrogen-bond acceptors (Lipinski definition) is 6. The van der Waals surface area contributed by atoms with Crippen LogP contribution in [-0.4, -0.2) is 47.1 Å². The summed E-state index contributed by atoms with van der Waals surface area (Å²) < 4.78 is 0. The van der Waals surface area contributed by atoms with Crippen molar-refractivity contribution < 1.29 is 5.11 Å². The minimum atomic E-state index is -0.329. The van der Waals surface area contributed by atoms with E-state index in [0.29, 0.717) is 0 Å². The minimum Gasteiger partial charge on any atom is -0.393 e. The van der Waals surface area contributed by atoms with Crippen LogP contribution in [0.4, 0.5) is 16.4 Å². The first-order valence-electron chi connectivity index (χ1n) is 9.17. The molecule has 2 aliphatic rings. The molecular weight excluding hydrogens is 344 g/mol. The fourth-order valence-electron chi connectivity index (χ4n) is 4.01. The zero-order valence-electron chi connectivity index (χ0n) is 15.5. The molecule has 138 valence electrons. The molecule has 5 nitrogen and oxygen atoms in total. The number of para-hydroxylation sites is 2. The highest BCUT2D eigenvalue weighted by atomic mass is 32.1. The first kappa shape index (κ1) is 17.5. The third kappa shape index (κ3) is 3.37. The first-order valence-corrected chi connectivity index (χ1v) is 9.99. The normalized spacial score (nSPS) is 23.4. The average Bonchev–Trinajstić information content (AvgIpc) is 2.85. The van der Waals surface area contributed by atoms with E-state index in [4.69, 9.17) is 4.99 Å². The monoisotopic (exact) mass is 370 g/mol. The molecule has 0 bridgehead atoms. The lowest BCUT2D eigenvalue weighted by Crippen LogP contribution is -2.61. The topological polar surface area (TPSA) is 59.9 Å². The largest absolute Gasteiger partial charge is 0.393 e. The highest BCUT2D eigenvalue weighted by molar-refractivity contribution is 7.16. The van der Waals surface area contributed by atoms with Crippen LogP contribution in [0.2, 0.25) is 0 Å². The fraction of sp³-hybridized carbons (Fsp3) is 0.450. The molecule has 4 rings (SSSR count). The fourth-order valence-corrected chi connectivity index (χ4v) is 4.93. The Kier molecular flexibility index (Phi) is 4.50. The summed E-state index contributed by atoms with van der Waals surface area (Å²) in [6.45, 7) is 8.80. The van der Waals surface area contributed by atoms with Gasteiger partial charge in [0.25, 0.3) is 0 Å². The van der Waals surface area contributed by atoms with E-state index in [-0.39, 0.29) is 11.6 Å². The number of hydrogen-bond donors (Lipinski definition) is 3. The number of amidine groups is 1. The average molecular weight is 371 g/mol. The van der Waals surface area contributed by atoms with E-state index >= 15 is 0 Å². The molecule has 0 radical (unpaired) electrons. The number of nitrogens with zero attached hydrogens (tertiary/aromatic N) is 2. The third-order valence-corrected chi connectivity index (χ3v) is 5.96. The van der Waals surface area contributed by atoms with Crippen molar-refractivity contribution in [2.75, 3.05) is 25.0 Å². The van der Waals surface area contributed by atoms with E-state index in [1.807, 2.05) is 19.1 Å². The van der Waals surface area contributed by atoms with Gasteiger partial charge in [0, 0.05) is 30.1 Å². The van der Waals surface area contributed by atoms with Crippen LogP contribution >= 0.6 is 11.3 Å². The lowest BCUT2D eigenvalue weighted by Gasteiger charge is -2.43. The molecule has 6 heteroatoms. The molecule has 1 aromatic heterocycles. The van der Waals surface area contributed by atoms with E-state index in [1.54, 1.807) is 11.3 Å². The van der Waals surface area contributed by atoms with Crippen LogP contribution in [-0.2, 0) is 0 Å². The molecule has 0 saturated carbocycles. The molecule has 2 aromatic rings. The van der Waals surface area contributed by atoms with Gasteiger partial charge in [0.2, 0.25) is 0 Å². The smallest absolute Gasteiger partial charge is 0.139 e. The second-order valence-electron chi connectivity index (χ2n) is 7.64. The zero-order valence-corrected chi connectivity index (χ0v) is 16.4. The molecule has 0 aliphatic carbocycles. The number of aliphatic hydroxyl groups excluding tert-OH is 1. The number of benzene rings is 1. The zero-order chi connectivity index (χ0) is 18.3. The van der Waals surface area contributed by atoms with Gasteiger partial charge >= 0.3 is 0 Å². The van der Waals surface area contributed by atoms with Crippen molar-refractivity contribution in [3.05, 3.63) is 40.8 Å². The molecule has 0 amide bonds. The maximum absolute atomic E-state index is 9.91. The number of aliphatic hydroxyl groups is 1. The van der Waals surface area contributed by atoms with Gasteiger partial charge in [-0.15, -0.1) is 11.3 Å². The number of thiophene rings is 1. The summed E-state index contributed by atoms with van der Waals surface area (Å²) in [6, 6.07) is 10.4.